The minimum absolute atomic E-state index is 0.135. The molecule has 1 atom stereocenters. The van der Waals surface area contributed by atoms with E-state index in [1.807, 2.05) is 12.1 Å². The van der Waals surface area contributed by atoms with Gasteiger partial charge in [-0.3, -0.25) is 14.8 Å². The summed E-state index contributed by atoms with van der Waals surface area (Å²) in [5, 5.41) is 11.6. The minimum atomic E-state index is -0.977. The average molecular weight is 409 g/mol. The van der Waals surface area contributed by atoms with Gasteiger partial charge in [0.1, 0.15) is 6.04 Å². The summed E-state index contributed by atoms with van der Waals surface area (Å²) in [5.41, 5.74) is 4.25. The van der Waals surface area contributed by atoms with Gasteiger partial charge in [-0.05, 0) is 54.1 Å². The van der Waals surface area contributed by atoms with Gasteiger partial charge in [-0.15, -0.1) is 0 Å². The van der Waals surface area contributed by atoms with Gasteiger partial charge in [0.05, 0.1) is 11.4 Å². The fourth-order valence-electron chi connectivity index (χ4n) is 3.52. The maximum Gasteiger partial charge on any atom is 0.274 e. The topological polar surface area (TPSA) is 81.7 Å². The number of benzene rings is 3. The van der Waals surface area contributed by atoms with Crippen LogP contribution in [0.4, 0.5) is 25.8 Å². The highest BCUT2D eigenvalue weighted by Gasteiger charge is 2.34. The number of hydroxylamine groups is 1. The van der Waals surface area contributed by atoms with E-state index >= 15 is 0 Å². The third-order valence-electron chi connectivity index (χ3n) is 4.96. The molecule has 0 saturated heterocycles. The zero-order chi connectivity index (χ0) is 21.3. The number of nitrogens with zero attached hydrogens (tertiary/aromatic N) is 1. The van der Waals surface area contributed by atoms with Gasteiger partial charge in [0.25, 0.3) is 5.91 Å². The van der Waals surface area contributed by atoms with E-state index in [2.05, 4.69) is 5.32 Å². The smallest absolute Gasteiger partial charge is 0.274 e. The molecule has 30 heavy (non-hydrogen) atoms. The van der Waals surface area contributed by atoms with Crippen LogP contribution in [0.5, 0.6) is 0 Å². The lowest BCUT2D eigenvalue weighted by Gasteiger charge is -2.38. The van der Waals surface area contributed by atoms with Crippen molar-refractivity contribution in [2.45, 2.75) is 12.5 Å². The molecule has 0 radical (unpaired) electrons. The van der Waals surface area contributed by atoms with Crippen LogP contribution in [0.3, 0.4) is 0 Å². The van der Waals surface area contributed by atoms with Gasteiger partial charge < -0.3 is 10.2 Å². The minimum Gasteiger partial charge on any atom is -0.327 e. The first-order valence-electron chi connectivity index (χ1n) is 9.15. The Morgan fingerprint density at radius 3 is 2.47 bits per heavy atom. The monoisotopic (exact) mass is 409 g/mol. The second-order valence-electron chi connectivity index (χ2n) is 6.83. The Kier molecular flexibility index (Phi) is 5.16. The predicted octanol–water partition coefficient (Wildman–Crippen LogP) is 3.79. The molecule has 6 nitrogen and oxygen atoms in total. The third kappa shape index (κ3) is 3.60. The number of anilines is 3. The van der Waals surface area contributed by atoms with Crippen LogP contribution >= 0.6 is 0 Å². The Hall–Kier alpha value is -3.78. The zero-order valence-corrected chi connectivity index (χ0v) is 15.6. The van der Waals surface area contributed by atoms with Crippen LogP contribution < -0.4 is 15.7 Å². The lowest BCUT2D eigenvalue weighted by atomic mass is 9.98. The highest BCUT2D eigenvalue weighted by Crippen LogP contribution is 2.38. The van der Waals surface area contributed by atoms with Gasteiger partial charge in [-0.2, -0.15) is 0 Å². The number of nitrogens with one attached hydrogen (secondary N) is 2. The van der Waals surface area contributed by atoms with Crippen LogP contribution in [0.1, 0.15) is 15.9 Å². The van der Waals surface area contributed by atoms with E-state index in [-0.39, 0.29) is 17.9 Å². The highest BCUT2D eigenvalue weighted by molar-refractivity contribution is 6.06. The van der Waals surface area contributed by atoms with Crippen LogP contribution in [-0.4, -0.2) is 23.1 Å². The number of amides is 2. The fourth-order valence-corrected chi connectivity index (χ4v) is 3.52. The summed E-state index contributed by atoms with van der Waals surface area (Å²) < 4.78 is 27.0. The number of hydrogen-bond donors (Lipinski definition) is 3. The lowest BCUT2D eigenvalue weighted by Crippen LogP contribution is -2.47. The van der Waals surface area contributed by atoms with Crippen molar-refractivity contribution in [3.63, 3.8) is 0 Å². The first kappa shape index (κ1) is 19.5. The molecule has 3 aromatic rings. The van der Waals surface area contributed by atoms with Crippen LogP contribution in [0.2, 0.25) is 0 Å². The molecule has 152 valence electrons. The molecule has 0 aliphatic carbocycles. The summed E-state index contributed by atoms with van der Waals surface area (Å²) in [6.07, 6.45) is 0.135. The van der Waals surface area contributed by atoms with Crippen LogP contribution in [0, 0.1) is 11.6 Å². The zero-order valence-electron chi connectivity index (χ0n) is 15.6. The number of hydrogen-bond acceptors (Lipinski definition) is 4. The molecule has 2 amide bonds. The molecule has 1 aliphatic rings. The van der Waals surface area contributed by atoms with Crippen LogP contribution in [0.15, 0.2) is 66.7 Å². The molecule has 1 heterocycles. The van der Waals surface area contributed by atoms with Crippen LogP contribution in [-0.2, 0) is 11.2 Å². The van der Waals surface area contributed by atoms with Crippen molar-refractivity contribution in [2.24, 2.45) is 0 Å². The van der Waals surface area contributed by atoms with Crippen molar-refractivity contribution in [1.82, 2.24) is 5.48 Å². The molecular formula is C22H17F2N3O3. The van der Waals surface area contributed by atoms with Crippen molar-refractivity contribution in [1.29, 1.82) is 0 Å². The van der Waals surface area contributed by atoms with Crippen molar-refractivity contribution in [3.05, 3.63) is 89.5 Å². The maximum absolute atomic E-state index is 13.7. The molecule has 1 aliphatic heterocycles. The summed E-state index contributed by atoms with van der Waals surface area (Å²) in [7, 11) is 0. The van der Waals surface area contributed by atoms with Gasteiger partial charge in [0.2, 0.25) is 5.91 Å². The molecule has 1 unspecified atom stereocenters. The molecule has 3 aromatic carbocycles. The first-order chi connectivity index (χ1) is 14.5. The Morgan fingerprint density at radius 1 is 1.03 bits per heavy atom. The molecule has 3 N–H and O–H groups in total. The molecule has 0 spiro atoms. The Labute approximate surface area is 170 Å². The van der Waals surface area contributed by atoms with E-state index in [0.717, 1.165) is 17.8 Å². The van der Waals surface area contributed by atoms with Crippen LogP contribution in [0.25, 0.3) is 0 Å². The largest absolute Gasteiger partial charge is 0.327 e. The lowest BCUT2D eigenvalue weighted by molar-refractivity contribution is -0.117. The number of halogens is 2. The standard InChI is InChI=1S/C22H17F2N3O3/c23-16-10-5-13(11-17(16)24)12-20-22(29)25-18-3-1-2-4-19(18)27(20)15-8-6-14(7-9-15)21(28)26-30/h1-11,20,30H,12H2,(H,25,29)(H,26,28). The SMILES string of the molecule is O=C(NO)c1ccc(N2c3ccccc3NC(=O)C2Cc2ccc(F)c(F)c2)cc1. The summed E-state index contributed by atoms with van der Waals surface area (Å²) in [6.45, 7) is 0. The number of fused-ring (bicyclic) bond motifs is 1. The molecule has 0 bridgehead atoms. The first-order valence-corrected chi connectivity index (χ1v) is 9.15. The number of carbonyl (C=O) groups excluding carboxylic acids is 2. The van der Waals surface area contributed by atoms with Gasteiger partial charge >= 0.3 is 0 Å². The van der Waals surface area contributed by atoms with Gasteiger partial charge in [0.15, 0.2) is 11.6 Å². The number of para-hydroxylation sites is 2. The molecular weight excluding hydrogens is 392 g/mol. The second-order valence-corrected chi connectivity index (χ2v) is 6.83. The molecule has 0 saturated carbocycles. The Bertz CT molecular complexity index is 1120. The van der Waals surface area contributed by atoms with E-state index in [1.54, 1.807) is 34.6 Å². The number of carbonyl (C=O) groups is 2. The molecule has 8 heteroatoms. The summed E-state index contributed by atoms with van der Waals surface area (Å²) in [5.74, 6) is -2.88. The van der Waals surface area contributed by atoms with E-state index in [4.69, 9.17) is 5.21 Å². The third-order valence-corrected chi connectivity index (χ3v) is 4.96. The highest BCUT2D eigenvalue weighted by atomic mass is 19.2. The van der Waals surface area contributed by atoms with Gasteiger partial charge in [-0.1, -0.05) is 18.2 Å². The van der Waals surface area contributed by atoms with Crippen molar-refractivity contribution in [3.8, 4) is 0 Å². The Morgan fingerprint density at radius 2 is 1.77 bits per heavy atom. The van der Waals surface area contributed by atoms with Crippen molar-refractivity contribution >= 4 is 28.9 Å². The van der Waals surface area contributed by atoms with Gasteiger partial charge in [0, 0.05) is 17.7 Å². The van der Waals surface area contributed by atoms with E-state index < -0.39 is 23.6 Å². The Balaban J connectivity index is 1.76. The van der Waals surface area contributed by atoms with E-state index in [0.29, 0.717) is 16.9 Å². The fraction of sp³-hybridized carbons (Fsp3) is 0.0909. The quantitative estimate of drug-likeness (QED) is 0.452. The van der Waals surface area contributed by atoms with E-state index in [9.17, 15) is 18.4 Å². The maximum atomic E-state index is 13.7. The predicted molar refractivity (Wildman–Crippen MR) is 107 cm³/mol. The van der Waals surface area contributed by atoms with E-state index in [1.165, 1.54) is 18.2 Å². The summed E-state index contributed by atoms with van der Waals surface area (Å²) in [6, 6.07) is 16.4. The van der Waals surface area contributed by atoms with Crippen molar-refractivity contribution in [2.75, 3.05) is 10.2 Å². The second kappa shape index (κ2) is 7.92. The van der Waals surface area contributed by atoms with Gasteiger partial charge in [-0.25, -0.2) is 14.3 Å². The molecule has 0 fully saturated rings. The summed E-state index contributed by atoms with van der Waals surface area (Å²) in [4.78, 5) is 26.3. The average Bonchev–Trinajstić information content (AvgIpc) is 2.76. The normalized spacial score (nSPS) is 15.4. The molecule has 0 aromatic heterocycles. The van der Waals surface area contributed by atoms with Crippen molar-refractivity contribution < 1.29 is 23.6 Å². The molecule has 4 rings (SSSR count). The summed E-state index contributed by atoms with van der Waals surface area (Å²) >= 11 is 0. The number of rotatable bonds is 4.